The van der Waals surface area contributed by atoms with Crippen molar-refractivity contribution in [2.24, 2.45) is 0 Å². The lowest BCUT2D eigenvalue weighted by atomic mass is 10.1. The van der Waals surface area contributed by atoms with Crippen molar-refractivity contribution in [1.29, 1.82) is 0 Å². The van der Waals surface area contributed by atoms with Gasteiger partial charge in [-0.15, -0.1) is 4.83 Å². The molecule has 0 aromatic heterocycles. The number of phenols is 1. The van der Waals surface area contributed by atoms with Crippen LogP contribution < -0.4 is 9.84 Å². The molecule has 0 fully saturated rings. The van der Waals surface area contributed by atoms with Gasteiger partial charge in [0.05, 0.1) is 12.2 Å². The Morgan fingerprint density at radius 1 is 1.13 bits per heavy atom. The topological polar surface area (TPSA) is 127 Å². The Morgan fingerprint density at radius 3 is 2.30 bits per heavy atom. The number of carbonyl (C=O) groups is 1. The Hall–Kier alpha value is -2.62. The van der Waals surface area contributed by atoms with E-state index in [0.29, 0.717) is 11.3 Å². The van der Waals surface area contributed by atoms with Gasteiger partial charge in [-0.3, -0.25) is 9.56 Å². The zero-order chi connectivity index (χ0) is 17.0. The van der Waals surface area contributed by atoms with E-state index in [0.717, 1.165) is 5.01 Å². The number of anilines is 1. The summed E-state index contributed by atoms with van der Waals surface area (Å²) in [6.45, 7) is -0.0444. The average molecular weight is 338 g/mol. The highest BCUT2D eigenvalue weighted by molar-refractivity contribution is 7.83. The highest BCUT2D eigenvalue weighted by atomic mass is 32.2. The number of benzene rings is 2. The molecule has 0 aliphatic carbocycles. The molecule has 0 heterocycles. The molecule has 23 heavy (non-hydrogen) atoms. The van der Waals surface area contributed by atoms with Gasteiger partial charge < -0.3 is 10.2 Å². The van der Waals surface area contributed by atoms with Crippen LogP contribution in [-0.4, -0.2) is 29.2 Å². The predicted molar refractivity (Wildman–Crippen MR) is 82.4 cm³/mol. The molecule has 0 spiro atoms. The zero-order valence-corrected chi connectivity index (χ0v) is 12.6. The highest BCUT2D eigenvalue weighted by Gasteiger charge is 2.15. The third-order valence-electron chi connectivity index (χ3n) is 2.93. The summed E-state index contributed by atoms with van der Waals surface area (Å²) in [5.41, 5.74) is 0.627. The number of hydrogen-bond donors (Lipinski definition) is 4. The first kappa shape index (κ1) is 16.7. The van der Waals surface area contributed by atoms with Gasteiger partial charge in [-0.05, 0) is 29.8 Å². The third kappa shape index (κ3) is 4.68. The third-order valence-corrected chi connectivity index (χ3v) is 3.38. The van der Waals surface area contributed by atoms with E-state index in [9.17, 15) is 18.3 Å². The van der Waals surface area contributed by atoms with Crippen molar-refractivity contribution in [3.63, 3.8) is 0 Å². The molecule has 122 valence electrons. The van der Waals surface area contributed by atoms with Crippen molar-refractivity contribution >= 4 is 22.0 Å². The lowest BCUT2D eigenvalue weighted by Gasteiger charge is -2.23. The molecule has 2 rings (SSSR count). The molecule has 0 atom stereocenters. The SMILES string of the molecule is O=C(O)c1ccc(CN(NS(=O)(=O)O)c2ccccc2)cc1O. The first-order valence-electron chi connectivity index (χ1n) is 6.39. The molecule has 0 aliphatic heterocycles. The molecule has 2 aromatic carbocycles. The highest BCUT2D eigenvalue weighted by Crippen LogP contribution is 2.21. The average Bonchev–Trinajstić information content (AvgIpc) is 2.46. The number of para-hydroxylation sites is 1. The summed E-state index contributed by atoms with van der Waals surface area (Å²) < 4.78 is 31.2. The second-order valence-corrected chi connectivity index (χ2v) is 5.78. The van der Waals surface area contributed by atoms with E-state index < -0.39 is 22.0 Å². The van der Waals surface area contributed by atoms with Gasteiger partial charge in [0.1, 0.15) is 11.3 Å². The Kier molecular flexibility index (Phi) is 4.84. The molecule has 8 nitrogen and oxygen atoms in total. The van der Waals surface area contributed by atoms with E-state index in [1.54, 1.807) is 30.3 Å². The first-order chi connectivity index (χ1) is 10.8. The molecular weight excluding hydrogens is 324 g/mol. The lowest BCUT2D eigenvalue weighted by Crippen LogP contribution is -2.41. The van der Waals surface area contributed by atoms with Crippen LogP contribution in [0.4, 0.5) is 5.69 Å². The molecule has 9 heteroatoms. The number of nitrogens with zero attached hydrogens (tertiary/aromatic N) is 1. The van der Waals surface area contributed by atoms with Crippen LogP contribution in [0.5, 0.6) is 5.75 Å². The fourth-order valence-electron chi connectivity index (χ4n) is 1.96. The minimum atomic E-state index is -4.50. The fraction of sp³-hybridized carbons (Fsp3) is 0.0714. The van der Waals surface area contributed by atoms with E-state index >= 15 is 0 Å². The molecule has 0 radical (unpaired) electrons. The number of aromatic hydroxyl groups is 1. The van der Waals surface area contributed by atoms with Gasteiger partial charge >= 0.3 is 16.3 Å². The van der Waals surface area contributed by atoms with E-state index in [1.807, 2.05) is 4.83 Å². The van der Waals surface area contributed by atoms with Crippen LogP contribution in [0.15, 0.2) is 48.5 Å². The van der Waals surface area contributed by atoms with E-state index in [4.69, 9.17) is 9.66 Å². The van der Waals surface area contributed by atoms with Crippen molar-refractivity contribution in [3.05, 3.63) is 59.7 Å². The number of aromatic carboxylic acids is 1. The number of rotatable bonds is 6. The van der Waals surface area contributed by atoms with Crippen molar-refractivity contribution in [2.45, 2.75) is 6.54 Å². The fourth-order valence-corrected chi connectivity index (χ4v) is 2.41. The van der Waals surface area contributed by atoms with E-state index in [2.05, 4.69) is 0 Å². The summed E-state index contributed by atoms with van der Waals surface area (Å²) in [5, 5.41) is 19.7. The summed E-state index contributed by atoms with van der Waals surface area (Å²) in [5.74, 6) is -1.71. The standard InChI is InChI=1S/C14H14N2O6S/c17-13-8-10(6-7-12(13)14(18)19)9-16(15-23(20,21)22)11-4-2-1-3-5-11/h1-8,15,17H,9H2,(H,18,19)(H,20,21,22). The quantitative estimate of drug-likeness (QED) is 0.463. The molecule has 2 aromatic rings. The minimum Gasteiger partial charge on any atom is -0.507 e. The molecule has 0 aliphatic rings. The van der Waals surface area contributed by atoms with Crippen LogP contribution in [0, 0.1) is 0 Å². The van der Waals surface area contributed by atoms with Crippen LogP contribution in [-0.2, 0) is 16.8 Å². The van der Waals surface area contributed by atoms with E-state index in [1.165, 1.54) is 18.2 Å². The summed E-state index contributed by atoms with van der Waals surface area (Å²) in [6.07, 6.45) is 0. The van der Waals surface area contributed by atoms with Crippen molar-refractivity contribution in [2.75, 3.05) is 5.01 Å². The van der Waals surface area contributed by atoms with Crippen molar-refractivity contribution < 1.29 is 28.0 Å². The Balaban J connectivity index is 2.31. The van der Waals surface area contributed by atoms with Crippen LogP contribution in [0.1, 0.15) is 15.9 Å². The summed E-state index contributed by atoms with van der Waals surface area (Å²) >= 11 is 0. The number of nitrogens with one attached hydrogen (secondary N) is 1. The smallest absolute Gasteiger partial charge is 0.350 e. The molecule has 0 unspecified atom stereocenters. The lowest BCUT2D eigenvalue weighted by molar-refractivity contribution is 0.0693. The van der Waals surface area contributed by atoms with Gasteiger partial charge in [0.25, 0.3) is 0 Å². The van der Waals surface area contributed by atoms with Gasteiger partial charge in [-0.25, -0.2) is 4.79 Å². The second-order valence-electron chi connectivity index (χ2n) is 4.64. The van der Waals surface area contributed by atoms with Crippen molar-refractivity contribution in [1.82, 2.24) is 4.83 Å². The zero-order valence-electron chi connectivity index (χ0n) is 11.7. The number of hydrogen-bond acceptors (Lipinski definition) is 5. The molecule has 0 saturated heterocycles. The Morgan fingerprint density at radius 2 is 1.78 bits per heavy atom. The largest absolute Gasteiger partial charge is 0.507 e. The number of hydrazine groups is 1. The number of carboxylic acids is 1. The van der Waals surface area contributed by atoms with Gasteiger partial charge in [-0.1, -0.05) is 24.3 Å². The second kappa shape index (κ2) is 6.65. The first-order valence-corrected chi connectivity index (χ1v) is 7.83. The van der Waals surface area contributed by atoms with Crippen molar-refractivity contribution in [3.8, 4) is 5.75 Å². The van der Waals surface area contributed by atoms with Crippen LogP contribution in [0.2, 0.25) is 0 Å². The summed E-state index contributed by atoms with van der Waals surface area (Å²) in [6, 6.07) is 12.2. The van der Waals surface area contributed by atoms with Crippen LogP contribution in [0.3, 0.4) is 0 Å². The Labute approximate surface area is 132 Å². The maximum Gasteiger partial charge on any atom is 0.350 e. The van der Waals surface area contributed by atoms with Crippen LogP contribution in [0.25, 0.3) is 0 Å². The maximum atomic E-state index is 11.1. The normalized spacial score (nSPS) is 11.2. The van der Waals surface area contributed by atoms with E-state index in [-0.39, 0.29) is 12.1 Å². The monoisotopic (exact) mass is 338 g/mol. The molecule has 0 bridgehead atoms. The molecular formula is C14H14N2O6S. The predicted octanol–water partition coefficient (Wildman–Crippen LogP) is 1.40. The molecule has 4 N–H and O–H groups in total. The molecule has 0 saturated carbocycles. The summed E-state index contributed by atoms with van der Waals surface area (Å²) in [7, 11) is -4.50. The van der Waals surface area contributed by atoms with Gasteiger partial charge in [0.2, 0.25) is 0 Å². The Bertz CT molecular complexity index is 807. The molecule has 0 amide bonds. The van der Waals surface area contributed by atoms with Gasteiger partial charge in [-0.2, -0.15) is 8.42 Å². The van der Waals surface area contributed by atoms with Crippen LogP contribution >= 0.6 is 0 Å². The number of carboxylic acid groups (broad SMARTS) is 1. The van der Waals surface area contributed by atoms with Gasteiger partial charge in [0, 0.05) is 0 Å². The summed E-state index contributed by atoms with van der Waals surface area (Å²) in [4.78, 5) is 12.8. The van der Waals surface area contributed by atoms with Gasteiger partial charge in [0.15, 0.2) is 0 Å². The maximum absolute atomic E-state index is 11.1. The minimum absolute atomic E-state index is 0.0444.